The van der Waals surface area contributed by atoms with Crippen molar-refractivity contribution in [3.63, 3.8) is 0 Å². The highest BCUT2D eigenvalue weighted by Gasteiger charge is 2.24. The Balaban J connectivity index is 2.65. The monoisotopic (exact) mass is 361 g/mol. The molecule has 0 spiro atoms. The van der Waals surface area contributed by atoms with Crippen LogP contribution in [0.3, 0.4) is 0 Å². The topological polar surface area (TPSA) is 65.4 Å². The molecule has 1 heterocycles. The van der Waals surface area contributed by atoms with Crippen LogP contribution in [0.15, 0.2) is 40.0 Å². The predicted octanol–water partition coefficient (Wildman–Crippen LogP) is 2.45. The Morgan fingerprint density at radius 3 is 2.60 bits per heavy atom. The fourth-order valence-corrected chi connectivity index (χ4v) is 3.87. The summed E-state index contributed by atoms with van der Waals surface area (Å²) >= 11 is 3.02. The molecule has 0 aliphatic heterocycles. The van der Waals surface area contributed by atoms with Gasteiger partial charge in [0.2, 0.25) is 0 Å². The van der Waals surface area contributed by atoms with Crippen molar-refractivity contribution in [2.45, 2.75) is 4.90 Å². The standard InChI is InChI=1S/C12H9BrFNO4S/c1-19-9-2-3-10(14)11(5-9)20(17,18)15-6-8(7-16)4-12(15)13/h2-7H,1H3. The quantitative estimate of drug-likeness (QED) is 0.784. The van der Waals surface area contributed by atoms with E-state index in [0.29, 0.717) is 6.29 Å². The number of benzene rings is 1. The lowest BCUT2D eigenvalue weighted by molar-refractivity contribution is 0.112. The van der Waals surface area contributed by atoms with Crippen LogP contribution in [0.2, 0.25) is 0 Å². The molecule has 0 amide bonds. The van der Waals surface area contributed by atoms with Gasteiger partial charge in [-0.3, -0.25) is 4.79 Å². The van der Waals surface area contributed by atoms with Gasteiger partial charge in [0.1, 0.15) is 21.1 Å². The Morgan fingerprint density at radius 1 is 1.35 bits per heavy atom. The number of aldehydes is 1. The highest BCUT2D eigenvalue weighted by molar-refractivity contribution is 9.10. The summed E-state index contributed by atoms with van der Waals surface area (Å²) in [5.41, 5.74) is 0.156. The van der Waals surface area contributed by atoms with Crippen LogP contribution < -0.4 is 4.74 Å². The van der Waals surface area contributed by atoms with Gasteiger partial charge in [0.25, 0.3) is 10.0 Å². The van der Waals surface area contributed by atoms with Gasteiger partial charge < -0.3 is 4.74 Å². The second kappa shape index (κ2) is 5.37. The lowest BCUT2D eigenvalue weighted by Gasteiger charge is -2.09. The van der Waals surface area contributed by atoms with E-state index in [1.165, 1.54) is 19.2 Å². The molecule has 20 heavy (non-hydrogen) atoms. The van der Waals surface area contributed by atoms with Crippen LogP contribution in [0.5, 0.6) is 5.75 Å². The molecule has 0 unspecified atom stereocenters. The minimum Gasteiger partial charge on any atom is -0.497 e. The average molecular weight is 362 g/mol. The molecule has 0 N–H and O–H groups in total. The van der Waals surface area contributed by atoms with Crippen LogP contribution in [-0.4, -0.2) is 25.8 Å². The number of halogens is 2. The summed E-state index contributed by atoms with van der Waals surface area (Å²) in [5.74, 6) is -0.692. The molecule has 0 radical (unpaired) electrons. The molecule has 0 aliphatic carbocycles. The third-order valence-corrected chi connectivity index (χ3v) is 5.11. The lowest BCUT2D eigenvalue weighted by Crippen LogP contribution is -2.14. The predicted molar refractivity (Wildman–Crippen MR) is 73.1 cm³/mol. The summed E-state index contributed by atoms with van der Waals surface area (Å²) in [6.45, 7) is 0. The molecule has 2 aromatic rings. The number of methoxy groups -OCH3 is 1. The third kappa shape index (κ3) is 2.48. The maximum absolute atomic E-state index is 13.8. The van der Waals surface area contributed by atoms with Crippen LogP contribution in [0, 0.1) is 5.82 Å². The van der Waals surface area contributed by atoms with Crippen LogP contribution in [0.4, 0.5) is 4.39 Å². The van der Waals surface area contributed by atoms with Crippen molar-refractivity contribution in [3.8, 4) is 5.75 Å². The highest BCUT2D eigenvalue weighted by Crippen LogP contribution is 2.26. The number of hydrogen-bond acceptors (Lipinski definition) is 4. The third-order valence-electron chi connectivity index (χ3n) is 2.57. The molecule has 0 atom stereocenters. The normalized spacial score (nSPS) is 11.3. The van der Waals surface area contributed by atoms with Crippen molar-refractivity contribution in [2.24, 2.45) is 0 Å². The average Bonchev–Trinajstić information content (AvgIpc) is 2.81. The molecule has 5 nitrogen and oxygen atoms in total. The molecule has 0 saturated heterocycles. The van der Waals surface area contributed by atoms with Crippen LogP contribution in [-0.2, 0) is 10.0 Å². The largest absolute Gasteiger partial charge is 0.497 e. The maximum atomic E-state index is 13.8. The van der Waals surface area contributed by atoms with Crippen molar-refractivity contribution < 1.29 is 22.3 Å². The summed E-state index contributed by atoms with van der Waals surface area (Å²) in [6.07, 6.45) is 1.60. The summed E-state index contributed by atoms with van der Waals surface area (Å²) in [7, 11) is -2.82. The number of carbonyl (C=O) groups is 1. The molecular formula is C12H9BrFNO4S. The molecule has 2 rings (SSSR count). The van der Waals surface area contributed by atoms with E-state index in [9.17, 15) is 17.6 Å². The van der Waals surface area contributed by atoms with E-state index in [4.69, 9.17) is 4.74 Å². The van der Waals surface area contributed by atoms with Gasteiger partial charge in [-0.25, -0.2) is 16.8 Å². The first kappa shape index (κ1) is 14.7. The van der Waals surface area contributed by atoms with Gasteiger partial charge in [-0.1, -0.05) is 0 Å². The Kier molecular flexibility index (Phi) is 3.96. The Hall–Kier alpha value is -1.67. The van der Waals surface area contributed by atoms with E-state index in [1.807, 2.05) is 0 Å². The van der Waals surface area contributed by atoms with Crippen LogP contribution in [0.25, 0.3) is 0 Å². The van der Waals surface area contributed by atoms with E-state index in [0.717, 1.165) is 22.3 Å². The maximum Gasteiger partial charge on any atom is 0.271 e. The Morgan fingerprint density at radius 2 is 2.05 bits per heavy atom. The van der Waals surface area contributed by atoms with Gasteiger partial charge in [-0.2, -0.15) is 0 Å². The second-order valence-corrected chi connectivity index (χ2v) is 6.41. The molecule has 0 fully saturated rings. The molecule has 1 aromatic carbocycles. The van der Waals surface area contributed by atoms with E-state index >= 15 is 0 Å². The van der Waals surface area contributed by atoms with Crippen molar-refractivity contribution in [2.75, 3.05) is 7.11 Å². The molecule has 8 heteroatoms. The van der Waals surface area contributed by atoms with E-state index in [1.54, 1.807) is 0 Å². The zero-order valence-corrected chi connectivity index (χ0v) is 12.6. The molecule has 0 aliphatic rings. The van der Waals surface area contributed by atoms with Gasteiger partial charge >= 0.3 is 0 Å². The van der Waals surface area contributed by atoms with Crippen molar-refractivity contribution in [1.82, 2.24) is 3.97 Å². The van der Waals surface area contributed by atoms with E-state index in [2.05, 4.69) is 15.9 Å². The first-order valence-electron chi connectivity index (χ1n) is 5.32. The summed E-state index contributed by atoms with van der Waals surface area (Å²) < 4.78 is 44.4. The van der Waals surface area contributed by atoms with Crippen molar-refractivity contribution >= 4 is 32.2 Å². The highest BCUT2D eigenvalue weighted by atomic mass is 79.9. The first-order chi connectivity index (χ1) is 9.40. The fraction of sp³-hybridized carbons (Fsp3) is 0.0833. The minimum atomic E-state index is -4.17. The van der Waals surface area contributed by atoms with Crippen LogP contribution >= 0.6 is 15.9 Å². The molecular weight excluding hydrogens is 353 g/mol. The smallest absolute Gasteiger partial charge is 0.271 e. The van der Waals surface area contributed by atoms with Crippen molar-refractivity contribution in [3.05, 3.63) is 46.4 Å². The zero-order chi connectivity index (χ0) is 14.9. The number of carbonyl (C=O) groups excluding carboxylic acids is 1. The number of rotatable bonds is 4. The zero-order valence-electron chi connectivity index (χ0n) is 10.2. The molecule has 0 saturated carbocycles. The molecule has 0 bridgehead atoms. The lowest BCUT2D eigenvalue weighted by atomic mass is 10.3. The SMILES string of the molecule is COc1ccc(F)c(S(=O)(=O)n2cc(C=O)cc2Br)c1. The first-order valence-corrected chi connectivity index (χ1v) is 7.55. The van der Waals surface area contributed by atoms with Gasteiger partial charge in [0.05, 0.1) is 7.11 Å². The van der Waals surface area contributed by atoms with Crippen LogP contribution in [0.1, 0.15) is 10.4 Å². The van der Waals surface area contributed by atoms with Gasteiger partial charge in [-0.05, 0) is 34.1 Å². The number of ether oxygens (including phenoxy) is 1. The second-order valence-electron chi connectivity index (χ2n) is 3.81. The fourth-order valence-electron chi connectivity index (χ4n) is 1.60. The number of nitrogens with zero attached hydrogens (tertiary/aromatic N) is 1. The van der Waals surface area contributed by atoms with E-state index in [-0.39, 0.29) is 15.9 Å². The number of aromatic nitrogens is 1. The van der Waals surface area contributed by atoms with Crippen molar-refractivity contribution in [1.29, 1.82) is 0 Å². The molecule has 1 aromatic heterocycles. The summed E-state index contributed by atoms with van der Waals surface area (Å²) in [4.78, 5) is 10.1. The van der Waals surface area contributed by atoms with Gasteiger partial charge in [0, 0.05) is 17.8 Å². The summed E-state index contributed by atoms with van der Waals surface area (Å²) in [5, 5.41) is 0. The Labute approximate surface area is 123 Å². The van der Waals surface area contributed by atoms with Gasteiger partial charge in [0.15, 0.2) is 6.29 Å². The number of hydrogen-bond donors (Lipinski definition) is 0. The minimum absolute atomic E-state index is 0.127. The molecule has 106 valence electrons. The summed E-state index contributed by atoms with van der Waals surface area (Å²) in [6, 6.07) is 4.72. The van der Waals surface area contributed by atoms with Gasteiger partial charge in [-0.15, -0.1) is 0 Å². The Bertz CT molecular complexity index is 770. The van der Waals surface area contributed by atoms with E-state index < -0.39 is 20.7 Å².